The fourth-order valence-electron chi connectivity index (χ4n) is 6.93. The topological polar surface area (TPSA) is 78.9 Å². The van der Waals surface area contributed by atoms with Gasteiger partial charge in [0.1, 0.15) is 13.2 Å². The van der Waals surface area contributed by atoms with Gasteiger partial charge >= 0.3 is 17.9 Å². The molecule has 0 fully saturated rings. The molecule has 0 aliphatic carbocycles. The fourth-order valence-corrected chi connectivity index (χ4v) is 6.93. The average molecular weight is 851 g/mol. The Morgan fingerprint density at radius 1 is 0.361 bits per heavy atom. The zero-order chi connectivity index (χ0) is 44.4. The first kappa shape index (κ1) is 57.9. The lowest BCUT2D eigenvalue weighted by atomic mass is 10.0. The molecular formula is C55H94O6. The number of unbranched alkanes of at least 4 members (excludes halogenated alkanes) is 23. The van der Waals surface area contributed by atoms with E-state index in [-0.39, 0.29) is 38.0 Å². The summed E-state index contributed by atoms with van der Waals surface area (Å²) in [5.74, 6) is -1.10. The molecule has 0 bridgehead atoms. The molecule has 0 heterocycles. The number of carbonyl (C=O) groups is 3. The zero-order valence-corrected chi connectivity index (χ0v) is 39.9. The minimum Gasteiger partial charge on any atom is -0.462 e. The van der Waals surface area contributed by atoms with E-state index in [1.807, 2.05) is 6.08 Å². The minimum atomic E-state index is -0.827. The van der Waals surface area contributed by atoms with Crippen LogP contribution in [0.5, 0.6) is 0 Å². The summed E-state index contributed by atoms with van der Waals surface area (Å²) in [6.07, 6.45) is 62.2. The molecule has 0 N–H and O–H groups in total. The Kier molecular flexibility index (Phi) is 46.9. The molecule has 0 rings (SSSR count). The molecule has 6 heteroatoms. The van der Waals surface area contributed by atoms with Crippen LogP contribution < -0.4 is 0 Å². The Labute approximate surface area is 376 Å². The van der Waals surface area contributed by atoms with Gasteiger partial charge in [0, 0.05) is 12.8 Å². The van der Waals surface area contributed by atoms with Crippen LogP contribution >= 0.6 is 0 Å². The van der Waals surface area contributed by atoms with E-state index in [0.717, 1.165) is 57.8 Å². The number of hydrogen-bond acceptors (Lipinski definition) is 6. The predicted octanol–water partition coefficient (Wildman–Crippen LogP) is 16.6. The molecule has 0 aromatic rings. The molecule has 0 spiro atoms. The van der Waals surface area contributed by atoms with E-state index in [9.17, 15) is 14.4 Å². The summed E-state index contributed by atoms with van der Waals surface area (Å²) in [6.45, 7) is 6.38. The van der Waals surface area contributed by atoms with Crippen LogP contribution in [-0.2, 0) is 28.6 Å². The van der Waals surface area contributed by atoms with Gasteiger partial charge in [0.2, 0.25) is 0 Å². The second kappa shape index (κ2) is 49.5. The van der Waals surface area contributed by atoms with Crippen molar-refractivity contribution >= 4 is 17.9 Å². The smallest absolute Gasteiger partial charge is 0.309 e. The van der Waals surface area contributed by atoms with Crippen LogP contribution in [0.2, 0.25) is 0 Å². The normalized spacial score (nSPS) is 12.6. The number of allylic oxidation sites excluding steroid dienone is 11. The van der Waals surface area contributed by atoms with Crippen LogP contribution in [0, 0.1) is 0 Å². The lowest BCUT2D eigenvalue weighted by Gasteiger charge is -2.18. The first-order chi connectivity index (χ1) is 30.0. The minimum absolute atomic E-state index is 0.127. The van der Waals surface area contributed by atoms with Gasteiger partial charge in [-0.1, -0.05) is 229 Å². The van der Waals surface area contributed by atoms with E-state index in [4.69, 9.17) is 14.2 Å². The summed E-state index contributed by atoms with van der Waals surface area (Å²) >= 11 is 0. The summed E-state index contributed by atoms with van der Waals surface area (Å²) in [5, 5.41) is 0. The van der Waals surface area contributed by atoms with Gasteiger partial charge in [-0.2, -0.15) is 0 Å². The highest BCUT2D eigenvalue weighted by Gasteiger charge is 2.19. The van der Waals surface area contributed by atoms with Crippen molar-refractivity contribution in [2.45, 2.75) is 245 Å². The van der Waals surface area contributed by atoms with Crippen molar-refractivity contribution in [2.24, 2.45) is 0 Å². The van der Waals surface area contributed by atoms with Crippen LogP contribution in [0.4, 0.5) is 0 Å². The Hall–Kier alpha value is -3.15. The standard InChI is InChI=1S/C55H94O6/c1-4-7-10-13-16-19-21-23-25-27-29-31-33-36-39-42-45-48-54(57)60-51-52(50-59-53(56)47-44-41-38-35-18-15-12-9-6-3)61-55(58)49-46-43-40-37-34-32-30-28-26-24-22-20-17-14-11-8-5-2/h9,12,18,23,25,29,31,35-36,39,41,44,52H,4-8,10-11,13-17,19-22,24,26-28,30,32-34,37-38,40,42-43,45-51H2,1-3H3/b12-9-,25-23-,31-29-,35-18-,39-36-,44-41-. The Morgan fingerprint density at radius 2 is 0.721 bits per heavy atom. The number of carbonyl (C=O) groups excluding carboxylic acids is 3. The van der Waals surface area contributed by atoms with Crippen LogP contribution in [0.25, 0.3) is 0 Å². The highest BCUT2D eigenvalue weighted by molar-refractivity contribution is 5.72. The van der Waals surface area contributed by atoms with Gasteiger partial charge in [-0.25, -0.2) is 0 Å². The molecule has 0 radical (unpaired) electrons. The molecule has 0 saturated carbocycles. The molecule has 61 heavy (non-hydrogen) atoms. The maximum atomic E-state index is 12.8. The number of hydrogen-bond donors (Lipinski definition) is 0. The summed E-state index contributed by atoms with van der Waals surface area (Å²) in [5.41, 5.74) is 0. The van der Waals surface area contributed by atoms with Crippen molar-refractivity contribution in [3.05, 3.63) is 72.9 Å². The second-order valence-electron chi connectivity index (χ2n) is 16.7. The third kappa shape index (κ3) is 47.7. The maximum Gasteiger partial charge on any atom is 0.309 e. The molecule has 0 amide bonds. The summed E-state index contributed by atoms with van der Waals surface area (Å²) in [7, 11) is 0. The van der Waals surface area contributed by atoms with Crippen molar-refractivity contribution in [3.63, 3.8) is 0 Å². The van der Waals surface area contributed by atoms with E-state index in [1.165, 1.54) is 135 Å². The zero-order valence-electron chi connectivity index (χ0n) is 39.9. The molecule has 6 nitrogen and oxygen atoms in total. The summed E-state index contributed by atoms with van der Waals surface area (Å²) in [6, 6.07) is 0. The predicted molar refractivity (Wildman–Crippen MR) is 261 cm³/mol. The lowest BCUT2D eigenvalue weighted by molar-refractivity contribution is -0.166. The molecule has 1 unspecified atom stereocenters. The third-order valence-electron chi connectivity index (χ3n) is 10.7. The molecule has 0 aromatic heterocycles. The van der Waals surface area contributed by atoms with Gasteiger partial charge in [-0.15, -0.1) is 0 Å². The van der Waals surface area contributed by atoms with Crippen molar-refractivity contribution in [1.82, 2.24) is 0 Å². The molecule has 0 aliphatic rings. The highest BCUT2D eigenvalue weighted by Crippen LogP contribution is 2.15. The second-order valence-corrected chi connectivity index (χ2v) is 16.7. The van der Waals surface area contributed by atoms with E-state index < -0.39 is 12.1 Å². The van der Waals surface area contributed by atoms with Crippen LogP contribution in [0.15, 0.2) is 72.9 Å². The van der Waals surface area contributed by atoms with Gasteiger partial charge in [0.25, 0.3) is 0 Å². The molecule has 1 atom stereocenters. The largest absolute Gasteiger partial charge is 0.462 e. The fraction of sp³-hybridized carbons (Fsp3) is 0.727. The van der Waals surface area contributed by atoms with Crippen molar-refractivity contribution in [2.75, 3.05) is 13.2 Å². The van der Waals surface area contributed by atoms with Gasteiger partial charge in [0.15, 0.2) is 6.10 Å². The van der Waals surface area contributed by atoms with Crippen molar-refractivity contribution < 1.29 is 28.6 Å². The Morgan fingerprint density at radius 3 is 1.20 bits per heavy atom. The van der Waals surface area contributed by atoms with Gasteiger partial charge in [-0.05, 0) is 64.2 Å². The van der Waals surface area contributed by atoms with Crippen molar-refractivity contribution in [3.8, 4) is 0 Å². The number of ether oxygens (including phenoxy) is 3. The quantitative estimate of drug-likeness (QED) is 0.0263. The highest BCUT2D eigenvalue weighted by atomic mass is 16.6. The maximum absolute atomic E-state index is 12.8. The molecule has 0 aliphatic heterocycles. The number of esters is 3. The average Bonchev–Trinajstić information content (AvgIpc) is 3.26. The number of rotatable bonds is 45. The Bertz CT molecular complexity index is 1160. The van der Waals surface area contributed by atoms with Crippen LogP contribution in [0.3, 0.4) is 0 Å². The molecule has 0 aromatic carbocycles. The van der Waals surface area contributed by atoms with Gasteiger partial charge in [0.05, 0.1) is 6.42 Å². The molecule has 350 valence electrons. The van der Waals surface area contributed by atoms with Crippen molar-refractivity contribution in [1.29, 1.82) is 0 Å². The van der Waals surface area contributed by atoms with Gasteiger partial charge in [-0.3, -0.25) is 14.4 Å². The third-order valence-corrected chi connectivity index (χ3v) is 10.7. The first-order valence-corrected chi connectivity index (χ1v) is 25.4. The van der Waals surface area contributed by atoms with E-state index in [2.05, 4.69) is 81.5 Å². The Balaban J connectivity index is 4.43. The van der Waals surface area contributed by atoms with Crippen LogP contribution in [-0.4, -0.2) is 37.2 Å². The molecule has 0 saturated heterocycles. The van der Waals surface area contributed by atoms with Crippen LogP contribution in [0.1, 0.15) is 239 Å². The monoisotopic (exact) mass is 851 g/mol. The van der Waals surface area contributed by atoms with E-state index in [0.29, 0.717) is 12.8 Å². The summed E-state index contributed by atoms with van der Waals surface area (Å²) < 4.78 is 16.6. The summed E-state index contributed by atoms with van der Waals surface area (Å²) in [4.78, 5) is 37.8. The first-order valence-electron chi connectivity index (χ1n) is 25.4. The molecular weight excluding hydrogens is 757 g/mol. The van der Waals surface area contributed by atoms with E-state index in [1.54, 1.807) is 6.08 Å². The lowest BCUT2D eigenvalue weighted by Crippen LogP contribution is -2.30. The van der Waals surface area contributed by atoms with E-state index >= 15 is 0 Å². The van der Waals surface area contributed by atoms with Gasteiger partial charge < -0.3 is 14.2 Å². The SMILES string of the molecule is CC/C=C\C/C=C\C/C=C\CC(=O)OCC(COC(=O)CCC/C=C\C/C=C\C/C=C\CCCCCCCC)OC(=O)CCCCCCCCCCCCCCCCCCC.